The maximum Gasteiger partial charge on any atom is 0.244 e. The second-order valence-corrected chi connectivity index (χ2v) is 6.74. The minimum Gasteiger partial charge on any atom is -0.504 e. The Morgan fingerprint density at radius 1 is 1.19 bits per heavy atom. The Morgan fingerprint density at radius 2 is 1.96 bits per heavy atom. The van der Waals surface area contributed by atoms with E-state index in [2.05, 4.69) is 26.5 Å². The third-order valence-electron chi connectivity index (χ3n) is 4.00. The molecule has 0 heterocycles. The molecule has 0 saturated heterocycles. The molecule has 0 spiro atoms. The van der Waals surface area contributed by atoms with Gasteiger partial charge in [-0.3, -0.25) is 4.79 Å². The summed E-state index contributed by atoms with van der Waals surface area (Å²) >= 11 is 3.53. The van der Waals surface area contributed by atoms with E-state index in [1.54, 1.807) is 12.1 Å². The average molecular weight is 427 g/mol. The number of halogens is 1. The van der Waals surface area contributed by atoms with Crippen LogP contribution in [-0.4, -0.2) is 23.8 Å². The lowest BCUT2D eigenvalue weighted by Crippen LogP contribution is -2.19. The number of carbonyl (C=O) groups excluding carboxylic acids is 1. The first kappa shape index (κ1) is 18.9. The first-order valence-corrected chi connectivity index (χ1v) is 9.31. The van der Waals surface area contributed by atoms with E-state index in [4.69, 9.17) is 4.74 Å². The number of hydrazone groups is 1. The predicted molar refractivity (Wildman–Crippen MR) is 110 cm³/mol. The third-order valence-corrected chi connectivity index (χ3v) is 4.69. The Balaban J connectivity index is 1.68. The van der Waals surface area contributed by atoms with Crippen molar-refractivity contribution >= 4 is 38.8 Å². The molecule has 3 rings (SSSR count). The minimum absolute atomic E-state index is 0.0696. The largest absolute Gasteiger partial charge is 0.504 e. The van der Waals surface area contributed by atoms with Gasteiger partial charge in [0.1, 0.15) is 0 Å². The Labute approximate surface area is 165 Å². The molecule has 0 unspecified atom stereocenters. The van der Waals surface area contributed by atoms with Gasteiger partial charge >= 0.3 is 0 Å². The Bertz CT molecular complexity index is 1000. The smallest absolute Gasteiger partial charge is 0.244 e. The number of nitrogens with zero attached hydrogens (tertiary/aromatic N) is 1. The molecule has 3 aromatic carbocycles. The van der Waals surface area contributed by atoms with E-state index in [0.717, 1.165) is 20.8 Å². The van der Waals surface area contributed by atoms with Crippen LogP contribution in [0, 0.1) is 0 Å². The maximum atomic E-state index is 12.3. The molecular weight excluding hydrogens is 408 g/mol. The number of carbonyl (C=O) groups is 1. The van der Waals surface area contributed by atoms with Gasteiger partial charge in [0.05, 0.1) is 19.2 Å². The Hall–Kier alpha value is -2.86. The summed E-state index contributed by atoms with van der Waals surface area (Å²) < 4.78 is 6.33. The van der Waals surface area contributed by atoms with Gasteiger partial charge in [-0.15, -0.1) is 0 Å². The lowest BCUT2D eigenvalue weighted by molar-refractivity contribution is -0.120. The van der Waals surface area contributed by atoms with E-state index in [1.807, 2.05) is 43.3 Å². The van der Waals surface area contributed by atoms with Gasteiger partial charge in [-0.25, -0.2) is 5.43 Å². The van der Waals surface area contributed by atoms with Crippen LogP contribution in [0.1, 0.15) is 18.1 Å². The summed E-state index contributed by atoms with van der Waals surface area (Å²) in [6.07, 6.45) is 1.74. The highest BCUT2D eigenvalue weighted by Crippen LogP contribution is 2.27. The fraction of sp³-hybridized carbons (Fsp3) is 0.143. The number of ether oxygens (including phenoxy) is 1. The fourth-order valence-corrected chi connectivity index (χ4v) is 3.23. The molecule has 27 heavy (non-hydrogen) atoms. The molecule has 0 bridgehead atoms. The molecule has 0 atom stereocenters. The van der Waals surface area contributed by atoms with Crippen LogP contribution in [0.4, 0.5) is 0 Å². The van der Waals surface area contributed by atoms with Gasteiger partial charge in [0.25, 0.3) is 0 Å². The molecule has 0 aliphatic carbocycles. The van der Waals surface area contributed by atoms with Crippen molar-refractivity contribution < 1.29 is 14.6 Å². The number of phenols is 1. The van der Waals surface area contributed by atoms with Gasteiger partial charge < -0.3 is 9.84 Å². The minimum atomic E-state index is -0.206. The van der Waals surface area contributed by atoms with E-state index in [0.29, 0.717) is 17.9 Å². The molecule has 3 aromatic rings. The molecule has 0 aliphatic heterocycles. The summed E-state index contributed by atoms with van der Waals surface area (Å²) in [6.45, 7) is 2.29. The van der Waals surface area contributed by atoms with E-state index in [9.17, 15) is 9.90 Å². The number of hydrogen-bond donors (Lipinski definition) is 2. The van der Waals surface area contributed by atoms with Gasteiger partial charge in [0, 0.05) is 4.47 Å². The molecule has 1 amide bonds. The van der Waals surface area contributed by atoms with Crippen LogP contribution in [0.2, 0.25) is 0 Å². The second kappa shape index (κ2) is 8.68. The van der Waals surface area contributed by atoms with Gasteiger partial charge in [-0.2, -0.15) is 5.10 Å². The molecule has 0 aliphatic rings. The molecule has 0 aromatic heterocycles. The van der Waals surface area contributed by atoms with Crippen molar-refractivity contribution in [2.75, 3.05) is 6.61 Å². The zero-order valence-electron chi connectivity index (χ0n) is 14.8. The number of fused-ring (bicyclic) bond motifs is 1. The SMILES string of the molecule is CCOc1cc(C=NNC(=O)Cc2ccc(Br)c3ccccc23)ccc1O. The summed E-state index contributed by atoms with van der Waals surface area (Å²) in [4.78, 5) is 12.3. The molecule has 0 fully saturated rings. The standard InChI is InChI=1S/C21H19BrN2O3/c1-2-27-20-11-14(7-10-19(20)25)13-23-24-21(26)12-15-8-9-18(22)17-6-4-3-5-16(15)17/h3-11,13,25H,2,12H2,1H3,(H,24,26). The normalized spacial score (nSPS) is 11.0. The number of benzene rings is 3. The number of nitrogens with one attached hydrogen (secondary N) is 1. The highest BCUT2D eigenvalue weighted by Gasteiger charge is 2.08. The number of rotatable bonds is 6. The van der Waals surface area contributed by atoms with Crippen molar-refractivity contribution in [2.45, 2.75) is 13.3 Å². The molecule has 2 N–H and O–H groups in total. The predicted octanol–water partition coefficient (Wildman–Crippen LogP) is 4.40. The molecule has 0 saturated carbocycles. The van der Waals surface area contributed by atoms with E-state index < -0.39 is 0 Å². The summed E-state index contributed by atoms with van der Waals surface area (Å²) in [7, 11) is 0. The first-order chi connectivity index (χ1) is 13.1. The van der Waals surface area contributed by atoms with Gasteiger partial charge in [0.2, 0.25) is 5.91 Å². The van der Waals surface area contributed by atoms with Gasteiger partial charge in [-0.1, -0.05) is 46.3 Å². The number of hydrogen-bond acceptors (Lipinski definition) is 4. The second-order valence-electron chi connectivity index (χ2n) is 5.88. The summed E-state index contributed by atoms with van der Waals surface area (Å²) in [5.74, 6) is 0.247. The van der Waals surface area contributed by atoms with E-state index in [1.165, 1.54) is 12.3 Å². The van der Waals surface area contributed by atoms with E-state index >= 15 is 0 Å². The Morgan fingerprint density at radius 3 is 2.74 bits per heavy atom. The molecule has 138 valence electrons. The highest BCUT2D eigenvalue weighted by molar-refractivity contribution is 9.10. The van der Waals surface area contributed by atoms with Crippen LogP contribution in [0.3, 0.4) is 0 Å². The zero-order valence-corrected chi connectivity index (χ0v) is 16.4. The van der Waals surface area contributed by atoms with Crippen molar-refractivity contribution in [3.05, 3.63) is 70.2 Å². The monoisotopic (exact) mass is 426 g/mol. The number of amides is 1. The first-order valence-electron chi connectivity index (χ1n) is 8.52. The highest BCUT2D eigenvalue weighted by atomic mass is 79.9. The van der Waals surface area contributed by atoms with Crippen molar-refractivity contribution in [3.8, 4) is 11.5 Å². The van der Waals surface area contributed by atoms with Crippen LogP contribution in [-0.2, 0) is 11.2 Å². The van der Waals surface area contributed by atoms with Crippen LogP contribution in [0.15, 0.2) is 64.2 Å². The lowest BCUT2D eigenvalue weighted by atomic mass is 10.0. The van der Waals surface area contributed by atoms with E-state index in [-0.39, 0.29) is 18.1 Å². The molecule has 6 heteroatoms. The number of aromatic hydroxyl groups is 1. The molecule has 5 nitrogen and oxygen atoms in total. The van der Waals surface area contributed by atoms with Crippen LogP contribution in [0.5, 0.6) is 11.5 Å². The van der Waals surface area contributed by atoms with Gasteiger partial charge in [0.15, 0.2) is 11.5 Å². The third kappa shape index (κ3) is 4.65. The summed E-state index contributed by atoms with van der Waals surface area (Å²) in [5.41, 5.74) is 4.19. The quantitative estimate of drug-likeness (QED) is 0.453. The maximum absolute atomic E-state index is 12.3. The number of phenolic OH excluding ortho intramolecular Hbond substituents is 1. The van der Waals surface area contributed by atoms with Crippen LogP contribution < -0.4 is 10.2 Å². The van der Waals surface area contributed by atoms with Gasteiger partial charge in [-0.05, 0) is 53.1 Å². The lowest BCUT2D eigenvalue weighted by Gasteiger charge is -2.08. The average Bonchev–Trinajstić information content (AvgIpc) is 2.67. The topological polar surface area (TPSA) is 70.9 Å². The van der Waals surface area contributed by atoms with Crippen LogP contribution >= 0.6 is 15.9 Å². The van der Waals surface area contributed by atoms with Crippen molar-refractivity contribution in [2.24, 2.45) is 5.10 Å². The van der Waals surface area contributed by atoms with Crippen molar-refractivity contribution in [3.63, 3.8) is 0 Å². The summed E-state index contributed by atoms with van der Waals surface area (Å²) in [5, 5.41) is 15.8. The zero-order chi connectivity index (χ0) is 19.2. The summed E-state index contributed by atoms with van der Waals surface area (Å²) in [6, 6.07) is 16.7. The fourth-order valence-electron chi connectivity index (χ4n) is 2.75. The molecular formula is C21H19BrN2O3. The Kier molecular flexibility index (Phi) is 6.08. The van der Waals surface area contributed by atoms with Crippen LogP contribution in [0.25, 0.3) is 10.8 Å². The van der Waals surface area contributed by atoms with Crippen molar-refractivity contribution in [1.29, 1.82) is 0 Å². The van der Waals surface area contributed by atoms with Crippen molar-refractivity contribution in [1.82, 2.24) is 5.43 Å². The molecule has 0 radical (unpaired) electrons.